The number of β-amino-alcohol motifs (C(OH)–C–C–N with tert-alkyl or cyclic N) is 1. The van der Waals surface area contributed by atoms with E-state index in [2.05, 4.69) is 44.7 Å². The van der Waals surface area contributed by atoms with Gasteiger partial charge in [-0.25, -0.2) is 4.79 Å². The topological polar surface area (TPSA) is 67.8 Å². The summed E-state index contributed by atoms with van der Waals surface area (Å²) < 4.78 is 0. The third kappa shape index (κ3) is 6.32. The van der Waals surface area contributed by atoms with Gasteiger partial charge >= 0.3 is 6.03 Å². The van der Waals surface area contributed by atoms with Gasteiger partial charge in [-0.05, 0) is 42.0 Å². The molecule has 0 spiro atoms. The van der Waals surface area contributed by atoms with Gasteiger partial charge in [0.25, 0.3) is 0 Å². The van der Waals surface area contributed by atoms with E-state index in [1.54, 1.807) is 0 Å². The van der Waals surface area contributed by atoms with Crippen LogP contribution in [0, 0.1) is 0 Å². The zero-order chi connectivity index (χ0) is 24.7. The summed E-state index contributed by atoms with van der Waals surface area (Å²) in [5.74, 6) is 0. The highest BCUT2D eigenvalue weighted by Gasteiger charge is 2.24. The van der Waals surface area contributed by atoms with Crippen molar-refractivity contribution in [2.24, 2.45) is 0 Å². The summed E-state index contributed by atoms with van der Waals surface area (Å²) in [5, 5.41) is 16.9. The summed E-state index contributed by atoms with van der Waals surface area (Å²) in [6.45, 7) is 5.07. The second-order valence-corrected chi connectivity index (χ2v) is 9.99. The largest absolute Gasteiger partial charge is 0.390 e. The first-order chi connectivity index (χ1) is 17.6. The van der Waals surface area contributed by atoms with Gasteiger partial charge in [0.15, 0.2) is 0 Å². The van der Waals surface area contributed by atoms with Gasteiger partial charge in [0.05, 0.1) is 11.8 Å². The molecule has 3 N–H and O–H groups in total. The highest BCUT2D eigenvalue weighted by atomic mass is 16.3. The molecular formula is C30H36N4O2. The van der Waals surface area contributed by atoms with Gasteiger partial charge in [-0.2, -0.15) is 0 Å². The molecule has 2 heterocycles. The second-order valence-electron chi connectivity index (χ2n) is 9.99. The summed E-state index contributed by atoms with van der Waals surface area (Å²) in [6.07, 6.45) is 2.46. The van der Waals surface area contributed by atoms with E-state index < -0.39 is 0 Å². The Morgan fingerprint density at radius 2 is 1.50 bits per heavy atom. The molecule has 36 heavy (non-hydrogen) atoms. The zero-order valence-corrected chi connectivity index (χ0v) is 20.8. The minimum absolute atomic E-state index is 0.140. The number of aliphatic hydroxyl groups is 1. The maximum absolute atomic E-state index is 12.8. The summed E-state index contributed by atoms with van der Waals surface area (Å²) in [4.78, 5) is 17.4. The lowest BCUT2D eigenvalue weighted by Gasteiger charge is -2.35. The van der Waals surface area contributed by atoms with Gasteiger partial charge in [0.2, 0.25) is 0 Å². The van der Waals surface area contributed by atoms with Crippen LogP contribution in [-0.4, -0.2) is 65.8 Å². The van der Waals surface area contributed by atoms with E-state index in [1.807, 2.05) is 54.6 Å². The van der Waals surface area contributed by atoms with E-state index in [9.17, 15) is 9.90 Å². The number of fused-ring (bicyclic) bond motifs is 1. The van der Waals surface area contributed by atoms with Crippen molar-refractivity contribution in [3.05, 3.63) is 90.0 Å². The smallest absolute Gasteiger partial charge is 0.319 e. The molecule has 1 atom stereocenters. The van der Waals surface area contributed by atoms with Crippen molar-refractivity contribution in [1.29, 1.82) is 0 Å². The second kappa shape index (κ2) is 11.7. The number of nitrogens with zero attached hydrogens (tertiary/aromatic N) is 2. The Kier molecular flexibility index (Phi) is 7.96. The fraction of sp³-hybridized carbons (Fsp3) is 0.367. The quantitative estimate of drug-likeness (QED) is 0.466. The van der Waals surface area contributed by atoms with Crippen molar-refractivity contribution in [3.63, 3.8) is 0 Å². The number of amides is 2. The van der Waals surface area contributed by atoms with Gasteiger partial charge in [0.1, 0.15) is 0 Å². The van der Waals surface area contributed by atoms with Crippen LogP contribution < -0.4 is 10.6 Å². The SMILES string of the molecule is O=C(Nc1ccccc1-c1ccccc1)NC1CCN(CC(O)CN2CCc3ccccc3C2)CC1. The van der Waals surface area contributed by atoms with Gasteiger partial charge in [-0.3, -0.25) is 4.90 Å². The number of nitrogens with one attached hydrogen (secondary N) is 2. The first kappa shape index (κ1) is 24.5. The number of carbonyl (C=O) groups excluding carboxylic acids is 1. The van der Waals surface area contributed by atoms with Gasteiger partial charge in [0, 0.05) is 50.9 Å². The predicted molar refractivity (Wildman–Crippen MR) is 145 cm³/mol. The summed E-state index contributed by atoms with van der Waals surface area (Å²) in [5.41, 5.74) is 5.71. The van der Waals surface area contributed by atoms with Gasteiger partial charge < -0.3 is 20.6 Å². The molecule has 1 fully saturated rings. The van der Waals surface area contributed by atoms with Crippen LogP contribution in [0.2, 0.25) is 0 Å². The van der Waals surface area contributed by atoms with E-state index in [0.29, 0.717) is 13.1 Å². The molecule has 0 saturated carbocycles. The van der Waals surface area contributed by atoms with Crippen LogP contribution in [0.1, 0.15) is 24.0 Å². The lowest BCUT2D eigenvalue weighted by molar-refractivity contribution is 0.0597. The highest BCUT2D eigenvalue weighted by molar-refractivity contribution is 5.94. The third-order valence-corrected chi connectivity index (χ3v) is 7.33. The molecule has 3 aromatic carbocycles. The van der Waals surface area contributed by atoms with Crippen molar-refractivity contribution >= 4 is 11.7 Å². The number of anilines is 1. The summed E-state index contributed by atoms with van der Waals surface area (Å²) >= 11 is 0. The van der Waals surface area contributed by atoms with Crippen molar-refractivity contribution in [2.75, 3.05) is 38.0 Å². The lowest BCUT2D eigenvalue weighted by atomic mass is 9.99. The van der Waals surface area contributed by atoms with Crippen molar-refractivity contribution in [2.45, 2.75) is 38.0 Å². The van der Waals surface area contributed by atoms with Crippen molar-refractivity contribution < 1.29 is 9.90 Å². The molecule has 3 aromatic rings. The van der Waals surface area contributed by atoms with E-state index >= 15 is 0 Å². The van der Waals surface area contributed by atoms with Gasteiger partial charge in [-0.1, -0.05) is 72.8 Å². The Bertz CT molecular complexity index is 1140. The van der Waals surface area contributed by atoms with Crippen molar-refractivity contribution in [3.8, 4) is 11.1 Å². The van der Waals surface area contributed by atoms with E-state index in [-0.39, 0.29) is 18.2 Å². The molecule has 2 amide bonds. The number of urea groups is 1. The normalized spacial score (nSPS) is 17.8. The summed E-state index contributed by atoms with van der Waals surface area (Å²) in [7, 11) is 0. The van der Waals surface area contributed by atoms with Crippen LogP contribution in [0.15, 0.2) is 78.9 Å². The number of hydrogen-bond donors (Lipinski definition) is 3. The molecule has 0 aromatic heterocycles. The molecule has 0 aliphatic carbocycles. The fourth-order valence-corrected chi connectivity index (χ4v) is 5.43. The van der Waals surface area contributed by atoms with Gasteiger partial charge in [-0.15, -0.1) is 0 Å². The maximum Gasteiger partial charge on any atom is 0.319 e. The van der Waals surface area contributed by atoms with E-state index in [4.69, 9.17) is 0 Å². The monoisotopic (exact) mass is 484 g/mol. The number of likely N-dealkylation sites (tertiary alicyclic amines) is 1. The Morgan fingerprint density at radius 1 is 0.833 bits per heavy atom. The highest BCUT2D eigenvalue weighted by Crippen LogP contribution is 2.27. The Balaban J connectivity index is 1.05. The zero-order valence-electron chi connectivity index (χ0n) is 20.8. The minimum Gasteiger partial charge on any atom is -0.390 e. The molecule has 1 unspecified atom stereocenters. The molecule has 6 heteroatoms. The van der Waals surface area contributed by atoms with Crippen LogP contribution in [0.25, 0.3) is 11.1 Å². The fourth-order valence-electron chi connectivity index (χ4n) is 5.43. The van der Waals surface area contributed by atoms with Crippen LogP contribution >= 0.6 is 0 Å². The first-order valence-corrected chi connectivity index (χ1v) is 13.1. The molecule has 0 bridgehead atoms. The number of piperidine rings is 1. The lowest BCUT2D eigenvalue weighted by Crippen LogP contribution is -2.49. The molecule has 2 aliphatic rings. The number of para-hydroxylation sites is 1. The minimum atomic E-state index is -0.363. The number of benzene rings is 3. The number of carbonyl (C=O) groups is 1. The van der Waals surface area contributed by atoms with Crippen LogP contribution in [0.5, 0.6) is 0 Å². The summed E-state index contributed by atoms with van der Waals surface area (Å²) in [6, 6.07) is 26.6. The van der Waals surface area contributed by atoms with Crippen LogP contribution in [0.4, 0.5) is 10.5 Å². The van der Waals surface area contributed by atoms with Crippen LogP contribution in [-0.2, 0) is 13.0 Å². The average Bonchev–Trinajstić information content (AvgIpc) is 2.90. The number of rotatable bonds is 7. The van der Waals surface area contributed by atoms with Crippen LogP contribution in [0.3, 0.4) is 0 Å². The number of hydrogen-bond acceptors (Lipinski definition) is 4. The third-order valence-electron chi connectivity index (χ3n) is 7.33. The Morgan fingerprint density at radius 3 is 2.31 bits per heavy atom. The molecule has 6 nitrogen and oxygen atoms in total. The van der Waals surface area contributed by atoms with E-state index in [0.717, 1.165) is 62.3 Å². The Labute approximate surface area is 213 Å². The Hall–Kier alpha value is -3.19. The standard InChI is InChI=1S/C30H36N4O2/c35-27(22-34-17-14-23-8-4-5-11-25(23)20-34)21-33-18-15-26(16-19-33)31-30(36)32-29-13-7-6-12-28(29)24-9-2-1-3-10-24/h1-13,26-27,35H,14-22H2,(H2,31,32,36). The maximum atomic E-state index is 12.8. The molecule has 0 radical (unpaired) electrons. The average molecular weight is 485 g/mol. The van der Waals surface area contributed by atoms with E-state index in [1.165, 1.54) is 11.1 Å². The van der Waals surface area contributed by atoms with Crippen molar-refractivity contribution in [1.82, 2.24) is 15.1 Å². The molecular weight excluding hydrogens is 448 g/mol. The first-order valence-electron chi connectivity index (χ1n) is 13.1. The number of aliphatic hydroxyl groups excluding tert-OH is 1. The molecule has 188 valence electrons. The molecule has 5 rings (SSSR count). The molecule has 1 saturated heterocycles. The predicted octanol–water partition coefficient (Wildman–Crippen LogP) is 4.36. The molecule has 2 aliphatic heterocycles.